The van der Waals surface area contributed by atoms with Crippen molar-refractivity contribution in [2.75, 3.05) is 5.32 Å². The van der Waals surface area contributed by atoms with E-state index >= 15 is 0 Å². The van der Waals surface area contributed by atoms with Gasteiger partial charge in [0.05, 0.1) is 21.6 Å². The zero-order chi connectivity index (χ0) is 21.4. The van der Waals surface area contributed by atoms with Crippen LogP contribution in [0, 0.1) is 6.92 Å². The van der Waals surface area contributed by atoms with Gasteiger partial charge >= 0.3 is 0 Å². The maximum absolute atomic E-state index is 13.2. The SMILES string of the molecule is Cc1ccc(-c2csc(NC(=O)c3nn(-c4ccccc4)c(=O)c4ccccc34)n2)s1. The Morgan fingerprint density at radius 1 is 0.968 bits per heavy atom. The summed E-state index contributed by atoms with van der Waals surface area (Å²) >= 11 is 3.01. The molecule has 0 saturated heterocycles. The number of thiazole rings is 1. The van der Waals surface area contributed by atoms with Crippen LogP contribution in [0.4, 0.5) is 5.13 Å². The van der Waals surface area contributed by atoms with Gasteiger partial charge in [0.2, 0.25) is 0 Å². The Morgan fingerprint density at radius 2 is 1.71 bits per heavy atom. The van der Waals surface area contributed by atoms with E-state index in [4.69, 9.17) is 0 Å². The number of benzene rings is 2. The molecule has 0 aliphatic heterocycles. The highest BCUT2D eigenvalue weighted by Gasteiger charge is 2.19. The number of nitrogens with one attached hydrogen (secondary N) is 1. The zero-order valence-electron chi connectivity index (χ0n) is 16.4. The molecule has 0 radical (unpaired) electrons. The molecule has 0 bridgehead atoms. The Morgan fingerprint density at radius 3 is 2.45 bits per heavy atom. The summed E-state index contributed by atoms with van der Waals surface area (Å²) in [6, 6.07) is 20.1. The summed E-state index contributed by atoms with van der Waals surface area (Å²) < 4.78 is 1.26. The first-order chi connectivity index (χ1) is 15.1. The van der Waals surface area contributed by atoms with Crippen LogP contribution in [0.1, 0.15) is 15.4 Å². The fourth-order valence-electron chi connectivity index (χ4n) is 3.27. The first-order valence-corrected chi connectivity index (χ1v) is 11.2. The van der Waals surface area contributed by atoms with Crippen molar-refractivity contribution in [2.24, 2.45) is 0 Å². The summed E-state index contributed by atoms with van der Waals surface area (Å²) in [7, 11) is 0. The van der Waals surface area contributed by atoms with Crippen molar-refractivity contribution in [1.29, 1.82) is 0 Å². The molecule has 3 aromatic heterocycles. The van der Waals surface area contributed by atoms with Crippen molar-refractivity contribution in [3.63, 3.8) is 0 Å². The van der Waals surface area contributed by atoms with Crippen LogP contribution in [0.5, 0.6) is 0 Å². The van der Waals surface area contributed by atoms with E-state index in [1.807, 2.05) is 42.6 Å². The minimum absolute atomic E-state index is 0.169. The third kappa shape index (κ3) is 3.67. The first kappa shape index (κ1) is 19.3. The van der Waals surface area contributed by atoms with Gasteiger partial charge in [0.25, 0.3) is 11.5 Å². The number of para-hydroxylation sites is 1. The van der Waals surface area contributed by atoms with Gasteiger partial charge in [-0.15, -0.1) is 22.7 Å². The quantitative estimate of drug-likeness (QED) is 0.417. The Kier molecular flexibility index (Phi) is 4.93. The maximum Gasteiger partial charge on any atom is 0.279 e. The summed E-state index contributed by atoms with van der Waals surface area (Å²) in [6.07, 6.45) is 0. The fraction of sp³-hybridized carbons (Fsp3) is 0.0435. The molecule has 1 amide bonds. The number of carbonyl (C=O) groups excluding carboxylic acids is 1. The van der Waals surface area contributed by atoms with Gasteiger partial charge in [0.1, 0.15) is 0 Å². The monoisotopic (exact) mass is 444 g/mol. The summed E-state index contributed by atoms with van der Waals surface area (Å²) in [4.78, 5) is 32.9. The van der Waals surface area contributed by atoms with E-state index < -0.39 is 5.91 Å². The number of anilines is 1. The lowest BCUT2D eigenvalue weighted by Gasteiger charge is -2.10. The average Bonchev–Trinajstić information content (AvgIpc) is 3.43. The van der Waals surface area contributed by atoms with Crippen LogP contribution < -0.4 is 10.9 Å². The second-order valence-corrected chi connectivity index (χ2v) is 9.00. The number of aromatic nitrogens is 3. The molecule has 3 heterocycles. The molecule has 31 heavy (non-hydrogen) atoms. The molecule has 0 fully saturated rings. The van der Waals surface area contributed by atoms with E-state index in [-0.39, 0.29) is 11.3 Å². The molecule has 0 atom stereocenters. The largest absolute Gasteiger partial charge is 0.296 e. The van der Waals surface area contributed by atoms with Gasteiger partial charge in [0.15, 0.2) is 10.8 Å². The molecule has 1 N–H and O–H groups in total. The molecule has 0 saturated carbocycles. The number of hydrogen-bond acceptors (Lipinski definition) is 6. The number of hydrogen-bond donors (Lipinski definition) is 1. The van der Waals surface area contributed by atoms with E-state index in [9.17, 15) is 9.59 Å². The normalized spacial score (nSPS) is 11.0. The summed E-state index contributed by atoms with van der Waals surface area (Å²) in [6.45, 7) is 2.04. The van der Waals surface area contributed by atoms with Crippen LogP contribution in [-0.2, 0) is 0 Å². The first-order valence-electron chi connectivity index (χ1n) is 9.51. The van der Waals surface area contributed by atoms with E-state index in [2.05, 4.69) is 15.4 Å². The van der Waals surface area contributed by atoms with Crippen molar-refractivity contribution in [1.82, 2.24) is 14.8 Å². The second-order valence-electron chi connectivity index (χ2n) is 6.85. The lowest BCUT2D eigenvalue weighted by Crippen LogP contribution is -2.26. The van der Waals surface area contributed by atoms with Gasteiger partial charge in [-0.05, 0) is 37.3 Å². The highest BCUT2D eigenvalue weighted by atomic mass is 32.1. The molecular formula is C23H16N4O2S2. The van der Waals surface area contributed by atoms with Crippen molar-refractivity contribution >= 4 is 44.5 Å². The van der Waals surface area contributed by atoms with Crippen LogP contribution in [-0.4, -0.2) is 20.7 Å². The number of nitrogens with zero attached hydrogens (tertiary/aromatic N) is 3. The number of fused-ring (bicyclic) bond motifs is 1. The maximum atomic E-state index is 13.2. The fourth-order valence-corrected chi connectivity index (χ4v) is 4.88. The van der Waals surface area contributed by atoms with E-state index in [1.54, 1.807) is 47.7 Å². The topological polar surface area (TPSA) is 76.9 Å². The van der Waals surface area contributed by atoms with Gasteiger partial charge in [-0.1, -0.05) is 36.4 Å². The van der Waals surface area contributed by atoms with Crippen LogP contribution in [0.15, 0.2) is 76.9 Å². The summed E-state index contributed by atoms with van der Waals surface area (Å²) in [5.74, 6) is -0.413. The van der Waals surface area contributed by atoms with Gasteiger partial charge < -0.3 is 0 Å². The van der Waals surface area contributed by atoms with Gasteiger partial charge in [0, 0.05) is 15.6 Å². The van der Waals surface area contributed by atoms with Crippen LogP contribution in [0.3, 0.4) is 0 Å². The molecule has 5 rings (SSSR count). The number of amides is 1. The van der Waals surface area contributed by atoms with E-state index in [1.165, 1.54) is 20.9 Å². The Labute approximate surface area is 185 Å². The standard InChI is InChI=1S/C23H16N4O2S2/c1-14-11-12-19(31-14)18-13-30-23(24-18)25-21(28)20-16-9-5-6-10-17(16)22(29)27(26-20)15-7-3-2-4-8-15/h2-13H,1H3,(H,24,25,28). The number of carbonyl (C=O) groups is 1. The molecule has 0 aliphatic carbocycles. The minimum atomic E-state index is -0.413. The second kappa shape index (κ2) is 7.90. The molecule has 8 heteroatoms. The molecular weight excluding hydrogens is 428 g/mol. The Balaban J connectivity index is 1.55. The van der Waals surface area contributed by atoms with Crippen molar-refractivity contribution in [2.45, 2.75) is 6.92 Å². The number of aryl methyl sites for hydroxylation is 1. The predicted molar refractivity (Wildman–Crippen MR) is 125 cm³/mol. The third-order valence-electron chi connectivity index (χ3n) is 4.74. The highest BCUT2D eigenvalue weighted by Crippen LogP contribution is 2.30. The smallest absolute Gasteiger partial charge is 0.279 e. The molecule has 5 aromatic rings. The molecule has 152 valence electrons. The minimum Gasteiger partial charge on any atom is -0.296 e. The highest BCUT2D eigenvalue weighted by molar-refractivity contribution is 7.17. The predicted octanol–water partition coefficient (Wildman–Crippen LogP) is 5.13. The van der Waals surface area contributed by atoms with Crippen molar-refractivity contribution in [3.8, 4) is 16.3 Å². The van der Waals surface area contributed by atoms with Crippen LogP contribution >= 0.6 is 22.7 Å². The van der Waals surface area contributed by atoms with Crippen LogP contribution in [0.25, 0.3) is 27.0 Å². The van der Waals surface area contributed by atoms with Crippen molar-refractivity contribution < 1.29 is 4.79 Å². The van der Waals surface area contributed by atoms with E-state index in [0.29, 0.717) is 21.6 Å². The average molecular weight is 445 g/mol. The summed E-state index contributed by atoms with van der Waals surface area (Å²) in [5.41, 5.74) is 1.31. The van der Waals surface area contributed by atoms with Gasteiger partial charge in [-0.25, -0.2) is 4.98 Å². The molecule has 2 aromatic carbocycles. The van der Waals surface area contributed by atoms with Crippen LogP contribution in [0.2, 0.25) is 0 Å². The molecule has 0 spiro atoms. The molecule has 0 unspecified atom stereocenters. The van der Waals surface area contributed by atoms with Gasteiger partial charge in [-0.2, -0.15) is 9.78 Å². The lowest BCUT2D eigenvalue weighted by molar-refractivity contribution is 0.102. The number of rotatable bonds is 4. The van der Waals surface area contributed by atoms with Gasteiger partial charge in [-0.3, -0.25) is 14.9 Å². The third-order valence-corrected chi connectivity index (χ3v) is 6.52. The molecule has 6 nitrogen and oxygen atoms in total. The zero-order valence-corrected chi connectivity index (χ0v) is 18.0. The molecule has 0 aliphatic rings. The number of thiophene rings is 1. The lowest BCUT2D eigenvalue weighted by atomic mass is 10.1. The Hall–Kier alpha value is -3.62. The Bertz CT molecular complexity index is 1470. The van der Waals surface area contributed by atoms with Crippen molar-refractivity contribution in [3.05, 3.63) is 93.0 Å². The summed E-state index contributed by atoms with van der Waals surface area (Å²) in [5, 5.41) is 10.6. The van der Waals surface area contributed by atoms with E-state index in [0.717, 1.165) is 10.6 Å².